The van der Waals surface area contributed by atoms with Gasteiger partial charge in [0.15, 0.2) is 0 Å². The quantitative estimate of drug-likeness (QED) is 0.827. The number of rotatable bonds is 4. The number of nitrogens with one attached hydrogen (secondary N) is 1. The van der Waals surface area contributed by atoms with Crippen LogP contribution in [0.5, 0.6) is 0 Å². The zero-order valence-electron chi connectivity index (χ0n) is 11.5. The van der Waals surface area contributed by atoms with Crippen molar-refractivity contribution in [1.82, 2.24) is 10.2 Å². The first-order valence-corrected chi connectivity index (χ1v) is 7.61. The lowest BCUT2D eigenvalue weighted by Crippen LogP contribution is -2.46. The van der Waals surface area contributed by atoms with E-state index >= 15 is 0 Å². The monoisotopic (exact) mass is 247 g/mol. The molecule has 3 heteroatoms. The number of nitrogens with zero attached hydrogens (tertiary/aromatic N) is 2. The molecule has 2 aliphatic carbocycles. The molecule has 2 saturated carbocycles. The molecule has 2 bridgehead atoms. The molecular weight excluding hydrogens is 222 g/mol. The third kappa shape index (κ3) is 1.96. The normalized spacial score (nSPS) is 43.4. The summed E-state index contributed by atoms with van der Waals surface area (Å²) in [5, 5.41) is 12.8. The maximum absolute atomic E-state index is 9.46. The number of hydrogen-bond acceptors (Lipinski definition) is 3. The van der Waals surface area contributed by atoms with Crippen LogP contribution in [0, 0.1) is 23.2 Å². The number of nitriles is 1. The minimum absolute atomic E-state index is 0.223. The van der Waals surface area contributed by atoms with E-state index in [1.165, 1.54) is 51.6 Å². The summed E-state index contributed by atoms with van der Waals surface area (Å²) in [6, 6.07) is 3.43. The SMILES string of the molecule is CNC1(C#N)CCCC1CCN1CC2CCC1C2. The van der Waals surface area contributed by atoms with Crippen molar-refractivity contribution < 1.29 is 0 Å². The van der Waals surface area contributed by atoms with Crippen LogP contribution in [0.3, 0.4) is 0 Å². The Kier molecular flexibility index (Phi) is 3.34. The van der Waals surface area contributed by atoms with Crippen LogP contribution in [0.1, 0.15) is 44.9 Å². The second kappa shape index (κ2) is 4.83. The van der Waals surface area contributed by atoms with Crippen LogP contribution in [-0.2, 0) is 0 Å². The topological polar surface area (TPSA) is 39.1 Å². The first-order chi connectivity index (χ1) is 8.77. The molecule has 3 fully saturated rings. The van der Waals surface area contributed by atoms with E-state index in [4.69, 9.17) is 0 Å². The molecule has 0 spiro atoms. The Balaban J connectivity index is 1.55. The van der Waals surface area contributed by atoms with Gasteiger partial charge < -0.3 is 10.2 Å². The van der Waals surface area contributed by atoms with Crippen LogP contribution in [0.4, 0.5) is 0 Å². The standard InChI is InChI=1S/C15H25N3/c1-17-15(11-16)7-2-3-13(15)6-8-18-10-12-4-5-14(18)9-12/h12-14,17H,2-10H2,1H3. The second-order valence-electron chi connectivity index (χ2n) is 6.54. The zero-order chi connectivity index (χ0) is 12.6. The van der Waals surface area contributed by atoms with E-state index in [9.17, 15) is 5.26 Å². The Morgan fingerprint density at radius 1 is 1.39 bits per heavy atom. The Morgan fingerprint density at radius 3 is 2.89 bits per heavy atom. The Morgan fingerprint density at radius 2 is 2.28 bits per heavy atom. The van der Waals surface area contributed by atoms with Crippen LogP contribution in [-0.4, -0.2) is 36.6 Å². The van der Waals surface area contributed by atoms with Gasteiger partial charge in [-0.15, -0.1) is 0 Å². The van der Waals surface area contributed by atoms with Crippen molar-refractivity contribution in [3.8, 4) is 6.07 Å². The molecule has 0 radical (unpaired) electrons. The first kappa shape index (κ1) is 12.4. The van der Waals surface area contributed by atoms with Gasteiger partial charge in [-0.2, -0.15) is 5.26 Å². The molecule has 0 aromatic heterocycles. The largest absolute Gasteiger partial charge is 0.302 e. The first-order valence-electron chi connectivity index (χ1n) is 7.61. The van der Waals surface area contributed by atoms with Gasteiger partial charge in [-0.3, -0.25) is 0 Å². The third-order valence-electron chi connectivity index (χ3n) is 5.75. The van der Waals surface area contributed by atoms with Crippen molar-refractivity contribution in [2.24, 2.45) is 11.8 Å². The van der Waals surface area contributed by atoms with Gasteiger partial charge in [0.05, 0.1) is 6.07 Å². The molecule has 4 unspecified atom stereocenters. The van der Waals surface area contributed by atoms with Gasteiger partial charge in [0, 0.05) is 12.6 Å². The molecular formula is C15H25N3. The Bertz CT molecular complexity index is 348. The smallest absolute Gasteiger partial charge is 0.109 e. The van der Waals surface area contributed by atoms with Crippen LogP contribution in [0.2, 0.25) is 0 Å². The molecule has 0 aromatic rings. The lowest BCUT2D eigenvalue weighted by atomic mass is 9.86. The summed E-state index contributed by atoms with van der Waals surface area (Å²) in [7, 11) is 1.96. The number of piperidine rings is 1. The van der Waals surface area contributed by atoms with Gasteiger partial charge in [0.2, 0.25) is 0 Å². The summed E-state index contributed by atoms with van der Waals surface area (Å²) in [6.07, 6.45) is 9.02. The molecule has 3 rings (SSSR count). The summed E-state index contributed by atoms with van der Waals surface area (Å²) in [6.45, 7) is 2.55. The molecule has 100 valence electrons. The fourth-order valence-corrected chi connectivity index (χ4v) is 4.62. The average molecular weight is 247 g/mol. The van der Waals surface area contributed by atoms with Crippen molar-refractivity contribution in [2.75, 3.05) is 20.1 Å². The van der Waals surface area contributed by atoms with E-state index in [0.29, 0.717) is 5.92 Å². The molecule has 1 saturated heterocycles. The fraction of sp³-hybridized carbons (Fsp3) is 0.933. The maximum Gasteiger partial charge on any atom is 0.109 e. The van der Waals surface area contributed by atoms with E-state index in [1.54, 1.807) is 0 Å². The fourth-order valence-electron chi connectivity index (χ4n) is 4.62. The summed E-state index contributed by atoms with van der Waals surface area (Å²) < 4.78 is 0. The molecule has 3 aliphatic rings. The summed E-state index contributed by atoms with van der Waals surface area (Å²) >= 11 is 0. The average Bonchev–Trinajstić information content (AvgIpc) is 3.11. The third-order valence-corrected chi connectivity index (χ3v) is 5.75. The van der Waals surface area contributed by atoms with Gasteiger partial charge in [-0.1, -0.05) is 6.42 Å². The molecule has 3 nitrogen and oxygen atoms in total. The van der Waals surface area contributed by atoms with Gasteiger partial charge in [-0.25, -0.2) is 0 Å². The Labute approximate surface area is 111 Å². The summed E-state index contributed by atoms with van der Waals surface area (Å²) in [5.41, 5.74) is -0.223. The van der Waals surface area contributed by atoms with Crippen LogP contribution in [0.25, 0.3) is 0 Å². The van der Waals surface area contributed by atoms with Crippen LogP contribution in [0.15, 0.2) is 0 Å². The zero-order valence-corrected chi connectivity index (χ0v) is 11.5. The highest BCUT2D eigenvalue weighted by Gasteiger charge is 2.43. The van der Waals surface area contributed by atoms with E-state index in [0.717, 1.165) is 18.4 Å². The number of fused-ring (bicyclic) bond motifs is 2. The predicted molar refractivity (Wildman–Crippen MR) is 72.1 cm³/mol. The van der Waals surface area contributed by atoms with Crippen LogP contribution < -0.4 is 5.32 Å². The highest BCUT2D eigenvalue weighted by molar-refractivity contribution is 5.13. The minimum Gasteiger partial charge on any atom is -0.302 e. The highest BCUT2D eigenvalue weighted by Crippen LogP contribution is 2.40. The number of likely N-dealkylation sites (tertiary alicyclic amines) is 1. The molecule has 4 atom stereocenters. The minimum atomic E-state index is -0.223. The van der Waals surface area contributed by atoms with E-state index in [2.05, 4.69) is 16.3 Å². The van der Waals surface area contributed by atoms with Gasteiger partial charge in [-0.05, 0) is 64.0 Å². The van der Waals surface area contributed by atoms with Crippen molar-refractivity contribution >= 4 is 0 Å². The van der Waals surface area contributed by atoms with Crippen molar-refractivity contribution in [1.29, 1.82) is 5.26 Å². The molecule has 0 aromatic carbocycles. The van der Waals surface area contributed by atoms with Gasteiger partial charge in [0.1, 0.15) is 5.54 Å². The number of hydrogen-bond donors (Lipinski definition) is 1. The van der Waals surface area contributed by atoms with Crippen LogP contribution >= 0.6 is 0 Å². The van der Waals surface area contributed by atoms with E-state index in [-0.39, 0.29) is 5.54 Å². The maximum atomic E-state index is 9.46. The van der Waals surface area contributed by atoms with Gasteiger partial charge in [0.25, 0.3) is 0 Å². The van der Waals surface area contributed by atoms with E-state index < -0.39 is 0 Å². The van der Waals surface area contributed by atoms with Crippen molar-refractivity contribution in [3.05, 3.63) is 0 Å². The molecule has 1 heterocycles. The molecule has 1 aliphatic heterocycles. The van der Waals surface area contributed by atoms with Crippen molar-refractivity contribution in [3.63, 3.8) is 0 Å². The molecule has 1 N–H and O–H groups in total. The lowest BCUT2D eigenvalue weighted by molar-refractivity contribution is 0.186. The molecule has 0 amide bonds. The highest BCUT2D eigenvalue weighted by atomic mass is 15.2. The summed E-state index contributed by atoms with van der Waals surface area (Å²) in [5.74, 6) is 1.55. The molecule has 18 heavy (non-hydrogen) atoms. The Hall–Kier alpha value is -0.590. The summed E-state index contributed by atoms with van der Waals surface area (Å²) in [4.78, 5) is 2.70. The second-order valence-corrected chi connectivity index (χ2v) is 6.54. The van der Waals surface area contributed by atoms with Crippen molar-refractivity contribution in [2.45, 2.75) is 56.5 Å². The van der Waals surface area contributed by atoms with Gasteiger partial charge >= 0.3 is 0 Å². The predicted octanol–water partition coefficient (Wildman–Crippen LogP) is 2.14. The lowest BCUT2D eigenvalue weighted by Gasteiger charge is -2.32. The van der Waals surface area contributed by atoms with E-state index in [1.807, 2.05) is 7.05 Å².